The van der Waals surface area contributed by atoms with Crippen molar-refractivity contribution >= 4 is 46.0 Å². The average Bonchev–Trinajstić information content (AvgIpc) is 2.82. The summed E-state index contributed by atoms with van der Waals surface area (Å²) in [7, 11) is 1.60. The zero-order valence-electron chi connectivity index (χ0n) is 13.8. The summed E-state index contributed by atoms with van der Waals surface area (Å²) in [6.07, 6.45) is 0.0691. The molecule has 1 aromatic carbocycles. The minimum Gasteiger partial charge on any atom is -0.382 e. The summed E-state index contributed by atoms with van der Waals surface area (Å²) in [5.74, 6) is -0.450. The van der Waals surface area contributed by atoms with Crippen molar-refractivity contribution < 1.29 is 14.3 Å². The third-order valence-corrected chi connectivity index (χ3v) is 4.85. The molecule has 1 heterocycles. The normalized spacial score (nSPS) is 20.1. The lowest BCUT2D eigenvalue weighted by Gasteiger charge is -2.08. The highest BCUT2D eigenvalue weighted by Gasteiger charge is 2.32. The van der Waals surface area contributed by atoms with Gasteiger partial charge in [0.15, 0.2) is 5.17 Å². The van der Waals surface area contributed by atoms with E-state index in [9.17, 15) is 9.59 Å². The van der Waals surface area contributed by atoms with Gasteiger partial charge in [0.25, 0.3) is 0 Å². The van der Waals surface area contributed by atoms with Crippen LogP contribution in [0.2, 0.25) is 5.02 Å². The molecule has 2 atom stereocenters. The van der Waals surface area contributed by atoms with E-state index in [0.29, 0.717) is 22.5 Å². The van der Waals surface area contributed by atoms with E-state index in [1.807, 2.05) is 19.9 Å². The molecule has 1 saturated heterocycles. The highest BCUT2D eigenvalue weighted by Crippen LogP contribution is 2.24. The second-order valence-electron chi connectivity index (χ2n) is 5.55. The predicted octanol–water partition coefficient (Wildman–Crippen LogP) is 2.60. The van der Waals surface area contributed by atoms with Gasteiger partial charge in [0, 0.05) is 24.2 Å². The number of hydrogen-bond donors (Lipinski definition) is 2. The first-order valence-electron chi connectivity index (χ1n) is 7.49. The van der Waals surface area contributed by atoms with E-state index in [2.05, 4.69) is 15.6 Å². The summed E-state index contributed by atoms with van der Waals surface area (Å²) in [6, 6.07) is 5.24. The molecule has 2 N–H and O–H groups in total. The third-order valence-electron chi connectivity index (χ3n) is 3.35. The van der Waals surface area contributed by atoms with Crippen molar-refractivity contribution in [2.45, 2.75) is 31.6 Å². The zero-order valence-corrected chi connectivity index (χ0v) is 15.3. The molecule has 1 aromatic rings. The molecular formula is C16H20ClN3O3S. The van der Waals surface area contributed by atoms with Crippen LogP contribution in [0, 0.1) is 6.92 Å². The maximum absolute atomic E-state index is 12.1. The highest BCUT2D eigenvalue weighted by molar-refractivity contribution is 8.15. The number of rotatable bonds is 6. The minimum absolute atomic E-state index is 0.0555. The topological polar surface area (TPSA) is 79.8 Å². The van der Waals surface area contributed by atoms with Gasteiger partial charge in [0.2, 0.25) is 11.8 Å². The first-order valence-corrected chi connectivity index (χ1v) is 8.75. The molecule has 6 nitrogen and oxygen atoms in total. The number of hydrogen-bond acceptors (Lipinski definition) is 5. The average molecular weight is 370 g/mol. The number of amides is 2. The number of aliphatic imine (C=N–C) groups is 1. The fourth-order valence-electron chi connectivity index (χ4n) is 2.13. The van der Waals surface area contributed by atoms with Gasteiger partial charge in [-0.05, 0) is 31.5 Å². The number of nitrogens with one attached hydrogen (secondary N) is 2. The molecule has 2 amide bonds. The number of methoxy groups -OCH3 is 1. The number of thioether (sulfide) groups is 1. The van der Waals surface area contributed by atoms with Crippen molar-refractivity contribution in [2.75, 3.05) is 19.0 Å². The lowest BCUT2D eigenvalue weighted by atomic mass is 10.2. The van der Waals surface area contributed by atoms with Crippen LogP contribution >= 0.6 is 23.4 Å². The fraction of sp³-hybridized carbons (Fsp3) is 0.438. The first-order chi connectivity index (χ1) is 11.4. The number of anilines is 1. The van der Waals surface area contributed by atoms with Crippen LogP contribution in [0.3, 0.4) is 0 Å². The zero-order chi connectivity index (χ0) is 17.7. The summed E-state index contributed by atoms with van der Waals surface area (Å²) >= 11 is 7.30. The number of carbonyl (C=O) groups is 2. The Labute approximate surface area is 150 Å². The Morgan fingerprint density at radius 3 is 2.96 bits per heavy atom. The number of aryl methyl sites for hydroxylation is 1. The highest BCUT2D eigenvalue weighted by atomic mass is 35.5. The molecule has 0 radical (unpaired) electrons. The van der Waals surface area contributed by atoms with Gasteiger partial charge < -0.3 is 15.4 Å². The maximum Gasteiger partial charge on any atom is 0.240 e. The van der Waals surface area contributed by atoms with E-state index < -0.39 is 5.25 Å². The molecule has 0 aromatic heterocycles. The largest absolute Gasteiger partial charge is 0.382 e. The smallest absolute Gasteiger partial charge is 0.240 e. The van der Waals surface area contributed by atoms with Crippen LogP contribution in [0.4, 0.5) is 5.69 Å². The molecule has 24 heavy (non-hydrogen) atoms. The maximum atomic E-state index is 12.1. The van der Waals surface area contributed by atoms with Crippen LogP contribution in [0.1, 0.15) is 18.9 Å². The summed E-state index contributed by atoms with van der Waals surface area (Å²) in [4.78, 5) is 28.5. The monoisotopic (exact) mass is 369 g/mol. The van der Waals surface area contributed by atoms with Crippen molar-refractivity contribution in [3.63, 3.8) is 0 Å². The lowest BCUT2D eigenvalue weighted by molar-refractivity contribution is -0.122. The first kappa shape index (κ1) is 18.8. The van der Waals surface area contributed by atoms with Gasteiger partial charge >= 0.3 is 0 Å². The summed E-state index contributed by atoms with van der Waals surface area (Å²) < 4.78 is 5.01. The Morgan fingerprint density at radius 1 is 1.54 bits per heavy atom. The van der Waals surface area contributed by atoms with Gasteiger partial charge in [0.05, 0.1) is 12.6 Å². The number of benzene rings is 1. The molecule has 8 heteroatoms. The van der Waals surface area contributed by atoms with Crippen LogP contribution in [-0.4, -0.2) is 42.0 Å². The molecule has 0 unspecified atom stereocenters. The Morgan fingerprint density at radius 2 is 2.29 bits per heavy atom. The van der Waals surface area contributed by atoms with Crippen molar-refractivity contribution in [2.24, 2.45) is 4.99 Å². The molecule has 0 spiro atoms. The van der Waals surface area contributed by atoms with E-state index >= 15 is 0 Å². The number of ether oxygens (including phenoxy) is 1. The van der Waals surface area contributed by atoms with E-state index in [1.54, 1.807) is 19.2 Å². The van der Waals surface area contributed by atoms with Crippen molar-refractivity contribution in [3.05, 3.63) is 28.8 Å². The predicted molar refractivity (Wildman–Crippen MR) is 97.7 cm³/mol. The van der Waals surface area contributed by atoms with Gasteiger partial charge in [0.1, 0.15) is 5.25 Å². The minimum atomic E-state index is -0.487. The summed E-state index contributed by atoms with van der Waals surface area (Å²) in [6.45, 7) is 4.25. The molecule has 0 bridgehead atoms. The molecule has 130 valence electrons. The van der Waals surface area contributed by atoms with Gasteiger partial charge in [-0.15, -0.1) is 0 Å². The number of halogens is 1. The van der Waals surface area contributed by atoms with Gasteiger partial charge in [-0.1, -0.05) is 29.4 Å². The Bertz CT molecular complexity index is 666. The number of nitrogens with zero attached hydrogens (tertiary/aromatic N) is 1. The standard InChI is InChI=1S/C16H20ClN3O3S/c1-9-4-5-11(6-12(9)17)19-14(21)7-13-15(22)20-16(24-13)18-10(2)8-23-3/h4-6,10,13H,7-8H2,1-3H3,(H,19,21)(H,18,20,22)/t10-,13+/m0/s1. The van der Waals surface area contributed by atoms with Crippen molar-refractivity contribution in [1.82, 2.24) is 5.32 Å². The van der Waals surface area contributed by atoms with Crippen LogP contribution in [0.25, 0.3) is 0 Å². The van der Waals surface area contributed by atoms with Crippen LogP contribution in [-0.2, 0) is 14.3 Å². The molecular weight excluding hydrogens is 350 g/mol. The van der Waals surface area contributed by atoms with Gasteiger partial charge in [-0.2, -0.15) is 0 Å². The Kier molecular flexibility index (Phi) is 6.65. The third kappa shape index (κ3) is 5.22. The van der Waals surface area contributed by atoms with E-state index in [1.165, 1.54) is 11.8 Å². The summed E-state index contributed by atoms with van der Waals surface area (Å²) in [5, 5.41) is 6.08. The van der Waals surface area contributed by atoms with E-state index in [0.717, 1.165) is 5.56 Å². The van der Waals surface area contributed by atoms with Gasteiger partial charge in [-0.25, -0.2) is 0 Å². The Hall–Kier alpha value is -1.57. The molecule has 1 aliphatic rings. The second-order valence-corrected chi connectivity index (χ2v) is 7.15. The second kappa shape index (κ2) is 8.50. The molecule has 2 rings (SSSR count). The SMILES string of the molecule is COC[C@H](C)N=C1NC(=O)[C@@H](CC(=O)Nc2ccc(C)c(Cl)c2)S1. The van der Waals surface area contributed by atoms with Gasteiger partial charge in [-0.3, -0.25) is 14.6 Å². The lowest BCUT2D eigenvalue weighted by Crippen LogP contribution is -2.28. The number of amidine groups is 1. The van der Waals surface area contributed by atoms with Crippen LogP contribution < -0.4 is 10.6 Å². The van der Waals surface area contributed by atoms with Crippen LogP contribution in [0.5, 0.6) is 0 Å². The van der Waals surface area contributed by atoms with E-state index in [-0.39, 0.29) is 24.3 Å². The summed E-state index contributed by atoms with van der Waals surface area (Å²) in [5.41, 5.74) is 1.55. The van der Waals surface area contributed by atoms with Crippen molar-refractivity contribution in [1.29, 1.82) is 0 Å². The molecule has 1 aliphatic heterocycles. The van der Waals surface area contributed by atoms with Crippen LogP contribution in [0.15, 0.2) is 23.2 Å². The molecule has 0 saturated carbocycles. The Balaban J connectivity index is 1.92. The van der Waals surface area contributed by atoms with E-state index in [4.69, 9.17) is 16.3 Å². The fourth-order valence-corrected chi connectivity index (χ4v) is 3.38. The quantitative estimate of drug-likeness (QED) is 0.807. The van der Waals surface area contributed by atoms with Crippen molar-refractivity contribution in [3.8, 4) is 0 Å². The number of carbonyl (C=O) groups excluding carboxylic acids is 2. The molecule has 1 fully saturated rings. The molecule has 0 aliphatic carbocycles.